The van der Waals surface area contributed by atoms with Gasteiger partial charge in [-0.25, -0.2) is 9.59 Å². The summed E-state index contributed by atoms with van der Waals surface area (Å²) in [6.07, 6.45) is 2.37. The minimum atomic E-state index is -0.653. The Morgan fingerprint density at radius 1 is 1.06 bits per heavy atom. The number of hydrogen-bond acceptors (Lipinski definition) is 5. The van der Waals surface area contributed by atoms with Crippen LogP contribution in [0, 0.1) is 0 Å². The van der Waals surface area contributed by atoms with Crippen molar-refractivity contribution in [2.45, 2.75) is 45.8 Å². The molecule has 2 aromatic rings. The molecule has 32 heavy (non-hydrogen) atoms. The lowest BCUT2D eigenvalue weighted by Gasteiger charge is -2.30. The number of rotatable bonds is 10. The molecule has 1 heterocycles. The van der Waals surface area contributed by atoms with Crippen molar-refractivity contribution in [1.29, 1.82) is 0 Å². The Balaban J connectivity index is 1.97. The third kappa shape index (κ3) is 5.60. The van der Waals surface area contributed by atoms with Crippen LogP contribution in [0.25, 0.3) is 0 Å². The summed E-state index contributed by atoms with van der Waals surface area (Å²) in [5.41, 5.74) is 2.74. The Morgan fingerprint density at radius 2 is 1.84 bits per heavy atom. The number of methoxy groups -OCH3 is 1. The molecular formula is C25H30N2O5. The van der Waals surface area contributed by atoms with Crippen LogP contribution < -0.4 is 20.1 Å². The lowest BCUT2D eigenvalue weighted by Crippen LogP contribution is -2.46. The summed E-state index contributed by atoms with van der Waals surface area (Å²) < 4.78 is 16.8. The number of urea groups is 1. The topological polar surface area (TPSA) is 85.9 Å². The number of unbranched alkanes of at least 4 members (excludes halogenated alkanes) is 1. The Labute approximate surface area is 188 Å². The summed E-state index contributed by atoms with van der Waals surface area (Å²) in [5.74, 6) is 0.649. The molecule has 2 aromatic carbocycles. The molecule has 0 fully saturated rings. The molecule has 0 bridgehead atoms. The molecule has 0 spiro atoms. The number of esters is 1. The summed E-state index contributed by atoms with van der Waals surface area (Å²) in [4.78, 5) is 25.3. The fourth-order valence-corrected chi connectivity index (χ4v) is 3.59. The van der Waals surface area contributed by atoms with E-state index < -0.39 is 12.0 Å². The van der Waals surface area contributed by atoms with Crippen LogP contribution in [0.15, 0.2) is 59.8 Å². The highest BCUT2D eigenvalue weighted by Gasteiger charge is 2.33. The largest absolute Gasteiger partial charge is 0.493 e. The van der Waals surface area contributed by atoms with Crippen molar-refractivity contribution in [3.8, 4) is 11.5 Å². The van der Waals surface area contributed by atoms with Gasteiger partial charge in [0.15, 0.2) is 11.5 Å². The minimum absolute atomic E-state index is 0.248. The first-order chi connectivity index (χ1) is 15.6. The standard InChI is InChI=1S/C25H30N2O5/c1-4-6-12-19-22(24(28)31-5-2)23(27-25(29)26-19)18-13-14-20(30-3)21(15-18)32-16-17-10-8-7-9-11-17/h7-11,13-15,23H,4-6,12,16H2,1-3H3,(H2,26,27,29). The maximum atomic E-state index is 12.9. The smallest absolute Gasteiger partial charge is 0.338 e. The van der Waals surface area contributed by atoms with Gasteiger partial charge in [-0.05, 0) is 43.0 Å². The summed E-state index contributed by atoms with van der Waals surface area (Å²) in [6, 6.07) is 14.2. The number of hydrogen-bond donors (Lipinski definition) is 2. The molecule has 0 aliphatic carbocycles. The zero-order valence-electron chi connectivity index (χ0n) is 18.8. The van der Waals surface area contributed by atoms with E-state index in [1.165, 1.54) is 0 Å². The van der Waals surface area contributed by atoms with E-state index in [2.05, 4.69) is 17.6 Å². The Hall–Kier alpha value is -3.48. The second kappa shape index (κ2) is 11.2. The maximum Gasteiger partial charge on any atom is 0.338 e. The molecule has 1 unspecified atom stereocenters. The first-order valence-corrected chi connectivity index (χ1v) is 10.9. The van der Waals surface area contributed by atoms with Crippen LogP contribution in [0.2, 0.25) is 0 Å². The van der Waals surface area contributed by atoms with E-state index in [1.807, 2.05) is 36.4 Å². The van der Waals surface area contributed by atoms with Gasteiger partial charge in [0, 0.05) is 5.70 Å². The molecule has 0 saturated carbocycles. The van der Waals surface area contributed by atoms with E-state index in [9.17, 15) is 9.59 Å². The molecule has 2 N–H and O–H groups in total. The number of amides is 2. The monoisotopic (exact) mass is 438 g/mol. The van der Waals surface area contributed by atoms with Gasteiger partial charge in [-0.3, -0.25) is 0 Å². The van der Waals surface area contributed by atoms with E-state index in [4.69, 9.17) is 14.2 Å². The molecule has 0 radical (unpaired) electrons. The molecule has 1 aliphatic rings. The fourth-order valence-electron chi connectivity index (χ4n) is 3.59. The molecule has 0 saturated heterocycles. The Kier molecular flexibility index (Phi) is 8.14. The van der Waals surface area contributed by atoms with Crippen LogP contribution in [-0.4, -0.2) is 25.7 Å². The molecule has 1 atom stereocenters. The van der Waals surface area contributed by atoms with Crippen molar-refractivity contribution in [2.24, 2.45) is 0 Å². The summed E-state index contributed by atoms with van der Waals surface area (Å²) >= 11 is 0. The maximum absolute atomic E-state index is 12.9. The second-order valence-electron chi connectivity index (χ2n) is 7.43. The van der Waals surface area contributed by atoms with Gasteiger partial charge in [-0.1, -0.05) is 49.7 Å². The van der Waals surface area contributed by atoms with Gasteiger partial charge in [0.2, 0.25) is 0 Å². The second-order valence-corrected chi connectivity index (χ2v) is 7.43. The predicted octanol–water partition coefficient (Wildman–Crippen LogP) is 4.64. The van der Waals surface area contributed by atoms with Crippen LogP contribution in [0.5, 0.6) is 11.5 Å². The quantitative estimate of drug-likeness (QED) is 0.528. The molecule has 3 rings (SSSR count). The highest BCUT2D eigenvalue weighted by Crippen LogP contribution is 2.35. The summed E-state index contributed by atoms with van der Waals surface area (Å²) in [5, 5.41) is 5.66. The Bertz CT molecular complexity index is 972. The third-order valence-corrected chi connectivity index (χ3v) is 5.19. The SMILES string of the molecule is CCCCC1=C(C(=O)OCC)C(c2ccc(OC)c(OCc3ccccc3)c2)NC(=O)N1. The molecule has 0 aromatic heterocycles. The van der Waals surface area contributed by atoms with Crippen LogP contribution in [-0.2, 0) is 16.1 Å². The number of allylic oxidation sites excluding steroid dienone is 1. The molecular weight excluding hydrogens is 408 g/mol. The molecule has 2 amide bonds. The van der Waals surface area contributed by atoms with Crippen molar-refractivity contribution in [1.82, 2.24) is 10.6 Å². The average Bonchev–Trinajstić information content (AvgIpc) is 2.81. The van der Waals surface area contributed by atoms with Crippen LogP contribution >= 0.6 is 0 Å². The molecule has 170 valence electrons. The van der Waals surface area contributed by atoms with E-state index in [1.54, 1.807) is 26.2 Å². The van der Waals surface area contributed by atoms with Crippen molar-refractivity contribution < 1.29 is 23.8 Å². The normalized spacial score (nSPS) is 15.6. The molecule has 7 heteroatoms. The number of carbonyl (C=O) groups excluding carboxylic acids is 2. The van der Waals surface area contributed by atoms with Crippen molar-refractivity contribution in [3.05, 3.63) is 70.9 Å². The van der Waals surface area contributed by atoms with Gasteiger partial charge in [0.25, 0.3) is 0 Å². The van der Waals surface area contributed by atoms with E-state index >= 15 is 0 Å². The average molecular weight is 439 g/mol. The van der Waals surface area contributed by atoms with Gasteiger partial charge in [0.05, 0.1) is 25.3 Å². The van der Waals surface area contributed by atoms with Gasteiger partial charge in [0.1, 0.15) is 6.61 Å². The van der Waals surface area contributed by atoms with Crippen molar-refractivity contribution >= 4 is 12.0 Å². The first-order valence-electron chi connectivity index (χ1n) is 10.9. The number of carbonyl (C=O) groups is 2. The number of ether oxygens (including phenoxy) is 3. The van der Waals surface area contributed by atoms with Crippen LogP contribution in [0.3, 0.4) is 0 Å². The lowest BCUT2D eigenvalue weighted by atomic mass is 9.93. The predicted molar refractivity (Wildman–Crippen MR) is 121 cm³/mol. The number of nitrogens with one attached hydrogen (secondary N) is 2. The van der Waals surface area contributed by atoms with E-state index in [0.717, 1.165) is 18.4 Å². The van der Waals surface area contributed by atoms with E-state index in [-0.39, 0.29) is 12.6 Å². The highest BCUT2D eigenvalue weighted by molar-refractivity contribution is 5.95. The minimum Gasteiger partial charge on any atom is -0.493 e. The first kappa shape index (κ1) is 23.2. The fraction of sp³-hybridized carbons (Fsp3) is 0.360. The van der Waals surface area contributed by atoms with Crippen LogP contribution in [0.4, 0.5) is 4.79 Å². The van der Waals surface area contributed by atoms with Crippen LogP contribution in [0.1, 0.15) is 50.3 Å². The van der Waals surface area contributed by atoms with Gasteiger partial charge < -0.3 is 24.8 Å². The van der Waals surface area contributed by atoms with Crippen molar-refractivity contribution in [2.75, 3.05) is 13.7 Å². The van der Waals surface area contributed by atoms with Crippen molar-refractivity contribution in [3.63, 3.8) is 0 Å². The Morgan fingerprint density at radius 3 is 2.53 bits per heavy atom. The van der Waals surface area contributed by atoms with Gasteiger partial charge in [-0.2, -0.15) is 0 Å². The zero-order valence-corrected chi connectivity index (χ0v) is 18.8. The summed E-state index contributed by atoms with van der Waals surface area (Å²) in [6.45, 7) is 4.43. The summed E-state index contributed by atoms with van der Waals surface area (Å²) in [7, 11) is 1.57. The zero-order chi connectivity index (χ0) is 22.9. The number of benzene rings is 2. The molecule has 1 aliphatic heterocycles. The highest BCUT2D eigenvalue weighted by atomic mass is 16.5. The molecule has 7 nitrogen and oxygen atoms in total. The van der Waals surface area contributed by atoms with Gasteiger partial charge in [-0.15, -0.1) is 0 Å². The third-order valence-electron chi connectivity index (χ3n) is 5.19. The van der Waals surface area contributed by atoms with Gasteiger partial charge >= 0.3 is 12.0 Å². The van der Waals surface area contributed by atoms with E-state index in [0.29, 0.717) is 41.4 Å². The lowest BCUT2D eigenvalue weighted by molar-refractivity contribution is -0.139.